The van der Waals surface area contributed by atoms with E-state index in [4.69, 9.17) is 5.73 Å². The second-order valence-corrected chi connectivity index (χ2v) is 6.01. The molecule has 0 aliphatic heterocycles. The molecule has 20 heavy (non-hydrogen) atoms. The van der Waals surface area contributed by atoms with Gasteiger partial charge in [0, 0.05) is 11.5 Å². The van der Waals surface area contributed by atoms with Gasteiger partial charge in [0.15, 0.2) is 5.82 Å². The summed E-state index contributed by atoms with van der Waals surface area (Å²) < 4.78 is 1.85. The highest BCUT2D eigenvalue weighted by Crippen LogP contribution is 2.27. The van der Waals surface area contributed by atoms with Gasteiger partial charge in [-0.1, -0.05) is 43.4 Å². The van der Waals surface area contributed by atoms with E-state index in [2.05, 4.69) is 47.3 Å². The van der Waals surface area contributed by atoms with Gasteiger partial charge in [-0.15, -0.1) is 10.2 Å². The fourth-order valence-corrected chi connectivity index (χ4v) is 2.98. The third-order valence-electron chi connectivity index (χ3n) is 3.14. The average molecular weight is 287 g/mol. The van der Waals surface area contributed by atoms with Crippen LogP contribution in [0.5, 0.6) is 0 Å². The van der Waals surface area contributed by atoms with Crippen LogP contribution >= 0.6 is 11.3 Å². The summed E-state index contributed by atoms with van der Waals surface area (Å²) in [6, 6.07) is 8.36. The van der Waals surface area contributed by atoms with E-state index in [0.29, 0.717) is 12.5 Å². The Morgan fingerprint density at radius 3 is 2.90 bits per heavy atom. The lowest BCUT2D eigenvalue weighted by atomic mass is 10.1. The molecular weight excluding hydrogens is 270 g/mol. The second-order valence-electron chi connectivity index (χ2n) is 5.05. The van der Waals surface area contributed by atoms with Gasteiger partial charge in [-0.05, 0) is 24.6 Å². The third-order valence-corrected chi connectivity index (χ3v) is 4.09. The molecule has 2 heterocycles. The van der Waals surface area contributed by atoms with Crippen molar-refractivity contribution in [2.75, 3.05) is 6.54 Å². The second kappa shape index (κ2) is 5.30. The number of hydrogen-bond acceptors (Lipinski definition) is 5. The van der Waals surface area contributed by atoms with Crippen molar-refractivity contribution in [3.05, 3.63) is 35.7 Å². The first-order valence-corrected chi connectivity index (χ1v) is 7.52. The summed E-state index contributed by atoms with van der Waals surface area (Å²) in [4.78, 5) is 0.841. The Hall–Kier alpha value is -1.79. The molecule has 5 nitrogen and oxygen atoms in total. The fourth-order valence-electron chi connectivity index (χ4n) is 2.14. The van der Waals surface area contributed by atoms with Crippen molar-refractivity contribution < 1.29 is 0 Å². The van der Waals surface area contributed by atoms with Gasteiger partial charge in [-0.2, -0.15) is 9.61 Å². The first kappa shape index (κ1) is 13.2. The van der Waals surface area contributed by atoms with E-state index in [9.17, 15) is 0 Å². The maximum absolute atomic E-state index is 5.61. The maximum Gasteiger partial charge on any atom is 0.234 e. The Labute approximate surface area is 121 Å². The molecule has 0 bridgehead atoms. The fraction of sp³-hybridized carbons (Fsp3) is 0.357. The summed E-state index contributed by atoms with van der Waals surface area (Å²) in [7, 11) is 0. The average Bonchev–Trinajstić information content (AvgIpc) is 2.98. The van der Waals surface area contributed by atoms with E-state index in [0.717, 1.165) is 27.8 Å². The molecule has 1 aromatic carbocycles. The zero-order valence-electron chi connectivity index (χ0n) is 11.6. The summed E-state index contributed by atoms with van der Waals surface area (Å²) in [6.45, 7) is 4.85. The molecular formula is C14H17N5S. The number of aromatic nitrogens is 4. The van der Waals surface area contributed by atoms with Crippen LogP contribution in [0, 0.1) is 0 Å². The minimum Gasteiger partial charge on any atom is -0.330 e. The molecule has 0 atom stereocenters. The molecule has 0 saturated carbocycles. The van der Waals surface area contributed by atoms with E-state index in [-0.39, 0.29) is 0 Å². The van der Waals surface area contributed by atoms with E-state index >= 15 is 0 Å². The highest BCUT2D eigenvalue weighted by molar-refractivity contribution is 7.19. The van der Waals surface area contributed by atoms with Crippen LogP contribution in [0.4, 0.5) is 0 Å². The smallest absolute Gasteiger partial charge is 0.234 e. The monoisotopic (exact) mass is 287 g/mol. The summed E-state index contributed by atoms with van der Waals surface area (Å²) in [6.07, 6.45) is 0.884. The first-order chi connectivity index (χ1) is 9.69. The van der Waals surface area contributed by atoms with Gasteiger partial charge >= 0.3 is 0 Å². The van der Waals surface area contributed by atoms with Gasteiger partial charge in [0.2, 0.25) is 4.96 Å². The Balaban J connectivity index is 2.03. The van der Waals surface area contributed by atoms with Crippen molar-refractivity contribution in [2.45, 2.75) is 26.2 Å². The molecule has 2 N–H and O–H groups in total. The standard InChI is InChI=1S/C14H17N5S/c1-9(2)12-16-17-14-19(12)18-13(20-14)11-5-3-4-10(8-11)6-7-15/h3-5,8-9H,6-7,15H2,1-2H3. The topological polar surface area (TPSA) is 69.1 Å². The zero-order chi connectivity index (χ0) is 14.1. The highest BCUT2D eigenvalue weighted by atomic mass is 32.1. The highest BCUT2D eigenvalue weighted by Gasteiger charge is 2.15. The predicted octanol–water partition coefficient (Wildman–Crippen LogP) is 2.48. The maximum atomic E-state index is 5.61. The SMILES string of the molecule is CC(C)c1nnc2sc(-c3cccc(CCN)c3)nn12. The lowest BCUT2D eigenvalue weighted by Gasteiger charge is -2.01. The number of hydrogen-bond donors (Lipinski definition) is 1. The van der Waals surface area contributed by atoms with E-state index in [1.54, 1.807) is 11.3 Å². The normalized spacial score (nSPS) is 11.6. The van der Waals surface area contributed by atoms with Crippen molar-refractivity contribution in [3.8, 4) is 10.6 Å². The quantitative estimate of drug-likeness (QED) is 0.800. The molecule has 0 aliphatic rings. The number of rotatable bonds is 4. The van der Waals surface area contributed by atoms with Crippen LogP contribution in [0.1, 0.15) is 31.2 Å². The minimum atomic E-state index is 0.309. The van der Waals surface area contributed by atoms with Crippen LogP contribution in [-0.2, 0) is 6.42 Å². The van der Waals surface area contributed by atoms with Crippen LogP contribution in [-0.4, -0.2) is 26.4 Å². The summed E-state index contributed by atoms with van der Waals surface area (Å²) in [5.41, 5.74) is 7.96. The Bertz CT molecular complexity index is 728. The zero-order valence-corrected chi connectivity index (χ0v) is 12.4. The third kappa shape index (κ3) is 2.32. The number of benzene rings is 1. The van der Waals surface area contributed by atoms with Gasteiger partial charge in [0.05, 0.1) is 0 Å². The van der Waals surface area contributed by atoms with Crippen LogP contribution in [0.15, 0.2) is 24.3 Å². The largest absolute Gasteiger partial charge is 0.330 e. The summed E-state index contributed by atoms with van der Waals surface area (Å²) in [5.74, 6) is 1.21. The Morgan fingerprint density at radius 2 is 2.15 bits per heavy atom. The summed E-state index contributed by atoms with van der Waals surface area (Å²) in [5, 5.41) is 14.0. The lowest BCUT2D eigenvalue weighted by molar-refractivity contribution is 0.727. The molecule has 0 amide bonds. The van der Waals surface area contributed by atoms with Crippen LogP contribution < -0.4 is 5.73 Å². The predicted molar refractivity (Wildman–Crippen MR) is 80.9 cm³/mol. The van der Waals surface area contributed by atoms with Crippen molar-refractivity contribution in [2.24, 2.45) is 5.73 Å². The number of fused-ring (bicyclic) bond motifs is 1. The molecule has 3 aromatic rings. The molecule has 0 aliphatic carbocycles. The molecule has 6 heteroatoms. The molecule has 3 rings (SSSR count). The van der Waals surface area contributed by atoms with Crippen molar-refractivity contribution >= 4 is 16.3 Å². The van der Waals surface area contributed by atoms with Gasteiger partial charge in [-0.25, -0.2) is 0 Å². The first-order valence-electron chi connectivity index (χ1n) is 6.70. The lowest BCUT2D eigenvalue weighted by Crippen LogP contribution is -2.02. The van der Waals surface area contributed by atoms with Crippen LogP contribution in [0.25, 0.3) is 15.5 Å². The summed E-state index contributed by atoms with van der Waals surface area (Å²) >= 11 is 1.56. The molecule has 104 valence electrons. The molecule has 2 aromatic heterocycles. The Morgan fingerprint density at radius 1 is 1.30 bits per heavy atom. The molecule has 0 fully saturated rings. The van der Waals surface area contributed by atoms with Gasteiger partial charge in [-0.3, -0.25) is 0 Å². The van der Waals surface area contributed by atoms with Gasteiger partial charge < -0.3 is 5.73 Å². The number of nitrogens with zero attached hydrogens (tertiary/aromatic N) is 4. The molecule has 0 radical (unpaired) electrons. The van der Waals surface area contributed by atoms with E-state index < -0.39 is 0 Å². The molecule has 0 saturated heterocycles. The van der Waals surface area contributed by atoms with Gasteiger partial charge in [0.1, 0.15) is 5.01 Å². The van der Waals surface area contributed by atoms with E-state index in [1.165, 1.54) is 5.56 Å². The Kier molecular flexibility index (Phi) is 3.50. The minimum absolute atomic E-state index is 0.309. The molecule has 0 spiro atoms. The molecule has 0 unspecified atom stereocenters. The van der Waals surface area contributed by atoms with E-state index in [1.807, 2.05) is 10.6 Å². The van der Waals surface area contributed by atoms with Crippen LogP contribution in [0.2, 0.25) is 0 Å². The van der Waals surface area contributed by atoms with Crippen molar-refractivity contribution in [1.29, 1.82) is 0 Å². The number of nitrogens with two attached hydrogens (primary N) is 1. The van der Waals surface area contributed by atoms with Crippen LogP contribution in [0.3, 0.4) is 0 Å². The van der Waals surface area contributed by atoms with Gasteiger partial charge in [0.25, 0.3) is 0 Å². The van der Waals surface area contributed by atoms with Crippen molar-refractivity contribution in [1.82, 2.24) is 19.8 Å². The van der Waals surface area contributed by atoms with Crippen molar-refractivity contribution in [3.63, 3.8) is 0 Å².